The molecule has 2 aromatic carbocycles. The molecule has 0 aromatic heterocycles. The molecule has 0 heterocycles. The van der Waals surface area contributed by atoms with Crippen LogP contribution in [0, 0.1) is 0 Å². The second-order valence-electron chi connectivity index (χ2n) is 4.79. The van der Waals surface area contributed by atoms with Gasteiger partial charge in [-0.1, -0.05) is 47.5 Å². The van der Waals surface area contributed by atoms with Gasteiger partial charge in [-0.05, 0) is 17.7 Å². The van der Waals surface area contributed by atoms with Crippen molar-refractivity contribution in [3.63, 3.8) is 0 Å². The molecule has 0 saturated carbocycles. The molecular formula is C17H14Cl2O5. The molecule has 1 N–H and O–H groups in total. The maximum absolute atomic E-state index is 12.2. The van der Waals surface area contributed by atoms with Crippen LogP contribution in [-0.4, -0.2) is 30.6 Å². The van der Waals surface area contributed by atoms with Gasteiger partial charge >= 0.3 is 5.97 Å². The quantitative estimate of drug-likeness (QED) is 0.623. The largest absolute Gasteiger partial charge is 0.494 e. The number of carbonyl (C=O) groups is 2. The van der Waals surface area contributed by atoms with Crippen LogP contribution in [0.5, 0.6) is 5.75 Å². The van der Waals surface area contributed by atoms with Crippen LogP contribution >= 0.6 is 23.2 Å². The molecule has 0 atom stereocenters. The van der Waals surface area contributed by atoms with Gasteiger partial charge in [0.2, 0.25) is 0 Å². The molecule has 2 rings (SSSR count). The van der Waals surface area contributed by atoms with E-state index in [1.54, 1.807) is 24.3 Å². The number of halogens is 2. The Morgan fingerprint density at radius 3 is 2.25 bits per heavy atom. The van der Waals surface area contributed by atoms with E-state index in [4.69, 9.17) is 37.8 Å². The standard InChI is InChI=1S/C17H14Cl2O5/c1-23-16-13(19)7-6-12(18)15(16)17(22)24-9-14(21)11-4-2-10(8-20)3-5-11/h2-7,20H,8-9H2,1H3. The first-order valence-electron chi connectivity index (χ1n) is 6.90. The molecule has 0 radical (unpaired) electrons. The van der Waals surface area contributed by atoms with Crippen LogP contribution in [0.4, 0.5) is 0 Å². The zero-order chi connectivity index (χ0) is 17.7. The number of benzene rings is 2. The van der Waals surface area contributed by atoms with Crippen molar-refractivity contribution in [2.24, 2.45) is 0 Å². The van der Waals surface area contributed by atoms with Gasteiger partial charge in [-0.15, -0.1) is 0 Å². The summed E-state index contributed by atoms with van der Waals surface area (Å²) in [6.07, 6.45) is 0. The zero-order valence-electron chi connectivity index (χ0n) is 12.7. The predicted molar refractivity (Wildman–Crippen MR) is 90.0 cm³/mol. The topological polar surface area (TPSA) is 72.8 Å². The maximum Gasteiger partial charge on any atom is 0.343 e. The lowest BCUT2D eigenvalue weighted by Crippen LogP contribution is -2.15. The first kappa shape index (κ1) is 18.3. The van der Waals surface area contributed by atoms with Gasteiger partial charge in [0.1, 0.15) is 5.56 Å². The second-order valence-corrected chi connectivity index (χ2v) is 5.61. The molecular weight excluding hydrogens is 355 g/mol. The fraction of sp³-hybridized carbons (Fsp3) is 0.176. The van der Waals surface area contributed by atoms with E-state index in [1.807, 2.05) is 0 Å². The summed E-state index contributed by atoms with van der Waals surface area (Å²) in [5.41, 5.74) is 1.01. The minimum Gasteiger partial charge on any atom is -0.494 e. The summed E-state index contributed by atoms with van der Waals surface area (Å²) in [4.78, 5) is 24.3. The highest BCUT2D eigenvalue weighted by atomic mass is 35.5. The number of carbonyl (C=O) groups excluding carboxylic acids is 2. The molecule has 0 saturated heterocycles. The summed E-state index contributed by atoms with van der Waals surface area (Å²) < 4.78 is 10.1. The number of aliphatic hydroxyl groups is 1. The summed E-state index contributed by atoms with van der Waals surface area (Å²) in [6.45, 7) is -0.570. The van der Waals surface area contributed by atoms with Crippen molar-refractivity contribution in [1.29, 1.82) is 0 Å². The third-order valence-electron chi connectivity index (χ3n) is 3.26. The van der Waals surface area contributed by atoms with Crippen molar-refractivity contribution in [2.45, 2.75) is 6.61 Å². The van der Waals surface area contributed by atoms with E-state index in [2.05, 4.69) is 0 Å². The Hall–Kier alpha value is -2.08. The molecule has 0 unspecified atom stereocenters. The highest BCUT2D eigenvalue weighted by Gasteiger charge is 2.22. The number of esters is 1. The van der Waals surface area contributed by atoms with Crippen LogP contribution in [0.3, 0.4) is 0 Å². The van der Waals surface area contributed by atoms with Gasteiger partial charge in [0.25, 0.3) is 0 Å². The predicted octanol–water partition coefficient (Wildman–Crippen LogP) is 3.53. The second kappa shape index (κ2) is 8.15. The molecule has 0 bridgehead atoms. The molecule has 0 spiro atoms. The molecule has 7 heteroatoms. The molecule has 0 amide bonds. The normalized spacial score (nSPS) is 10.3. The van der Waals surface area contributed by atoms with Crippen LogP contribution in [0.25, 0.3) is 0 Å². The average molecular weight is 369 g/mol. The summed E-state index contributed by atoms with van der Waals surface area (Å²) >= 11 is 11.9. The Labute approximate surface area is 148 Å². The smallest absolute Gasteiger partial charge is 0.343 e. The minimum atomic E-state index is -0.806. The number of ketones is 1. The van der Waals surface area contributed by atoms with Gasteiger partial charge in [-0.3, -0.25) is 4.79 Å². The number of aliphatic hydroxyl groups excluding tert-OH is 1. The molecule has 24 heavy (non-hydrogen) atoms. The Morgan fingerprint density at radius 2 is 1.67 bits per heavy atom. The lowest BCUT2D eigenvalue weighted by atomic mass is 10.1. The van der Waals surface area contributed by atoms with Crippen LogP contribution in [0.1, 0.15) is 26.3 Å². The van der Waals surface area contributed by atoms with E-state index in [-0.39, 0.29) is 33.7 Å². The lowest BCUT2D eigenvalue weighted by Gasteiger charge is -2.11. The summed E-state index contributed by atoms with van der Waals surface area (Å²) in [7, 11) is 1.35. The lowest BCUT2D eigenvalue weighted by molar-refractivity contribution is 0.0472. The number of Topliss-reactive ketones (excluding diaryl/α,β-unsaturated/α-hetero) is 1. The van der Waals surface area contributed by atoms with E-state index in [1.165, 1.54) is 19.2 Å². The molecule has 0 aliphatic heterocycles. The first-order chi connectivity index (χ1) is 11.5. The Kier molecular flexibility index (Phi) is 6.20. The molecule has 2 aromatic rings. The molecule has 5 nitrogen and oxygen atoms in total. The highest BCUT2D eigenvalue weighted by molar-refractivity contribution is 6.37. The van der Waals surface area contributed by atoms with Gasteiger partial charge in [-0.2, -0.15) is 0 Å². The van der Waals surface area contributed by atoms with Gasteiger partial charge in [0.15, 0.2) is 18.1 Å². The number of hydrogen-bond donors (Lipinski definition) is 1. The summed E-state index contributed by atoms with van der Waals surface area (Å²) in [6, 6.07) is 9.27. The number of hydrogen-bond acceptors (Lipinski definition) is 5. The zero-order valence-corrected chi connectivity index (χ0v) is 14.2. The van der Waals surface area contributed by atoms with Crippen molar-refractivity contribution in [2.75, 3.05) is 13.7 Å². The van der Waals surface area contributed by atoms with E-state index in [0.29, 0.717) is 11.1 Å². The van der Waals surface area contributed by atoms with Crippen molar-refractivity contribution in [3.8, 4) is 5.75 Å². The van der Waals surface area contributed by atoms with Crippen molar-refractivity contribution in [3.05, 3.63) is 63.1 Å². The number of methoxy groups -OCH3 is 1. The summed E-state index contributed by atoms with van der Waals surface area (Å²) in [5.74, 6) is -1.10. The van der Waals surface area contributed by atoms with E-state index >= 15 is 0 Å². The monoisotopic (exact) mass is 368 g/mol. The van der Waals surface area contributed by atoms with Crippen LogP contribution in [-0.2, 0) is 11.3 Å². The number of rotatable bonds is 6. The van der Waals surface area contributed by atoms with Crippen molar-refractivity contribution >= 4 is 35.0 Å². The maximum atomic E-state index is 12.2. The fourth-order valence-electron chi connectivity index (χ4n) is 2.01. The average Bonchev–Trinajstić information content (AvgIpc) is 2.61. The molecule has 0 aliphatic carbocycles. The van der Waals surface area contributed by atoms with Gasteiger partial charge < -0.3 is 14.6 Å². The Bertz CT molecular complexity index is 756. The van der Waals surface area contributed by atoms with Gasteiger partial charge in [0.05, 0.1) is 23.8 Å². The highest BCUT2D eigenvalue weighted by Crippen LogP contribution is 2.34. The van der Waals surface area contributed by atoms with Crippen LogP contribution in [0.15, 0.2) is 36.4 Å². The van der Waals surface area contributed by atoms with E-state index in [0.717, 1.165) is 0 Å². The van der Waals surface area contributed by atoms with E-state index in [9.17, 15) is 9.59 Å². The van der Waals surface area contributed by atoms with Gasteiger partial charge in [-0.25, -0.2) is 4.79 Å². The first-order valence-corrected chi connectivity index (χ1v) is 7.65. The fourth-order valence-corrected chi connectivity index (χ4v) is 2.47. The van der Waals surface area contributed by atoms with Crippen LogP contribution in [0.2, 0.25) is 10.0 Å². The SMILES string of the molecule is COc1c(Cl)ccc(Cl)c1C(=O)OCC(=O)c1ccc(CO)cc1. The summed E-state index contributed by atoms with van der Waals surface area (Å²) in [5, 5.41) is 9.30. The van der Waals surface area contributed by atoms with Crippen LogP contribution < -0.4 is 4.74 Å². The molecule has 126 valence electrons. The van der Waals surface area contributed by atoms with E-state index < -0.39 is 12.6 Å². The minimum absolute atomic E-state index is 0.0323. The third kappa shape index (κ3) is 4.06. The Balaban J connectivity index is 2.10. The van der Waals surface area contributed by atoms with Crippen molar-refractivity contribution in [1.82, 2.24) is 0 Å². The third-order valence-corrected chi connectivity index (χ3v) is 3.87. The Morgan fingerprint density at radius 1 is 1.04 bits per heavy atom. The molecule has 0 fully saturated rings. The molecule has 0 aliphatic rings. The van der Waals surface area contributed by atoms with Gasteiger partial charge in [0, 0.05) is 5.56 Å². The van der Waals surface area contributed by atoms with Crippen molar-refractivity contribution < 1.29 is 24.2 Å². The number of ether oxygens (including phenoxy) is 2.